The van der Waals surface area contributed by atoms with Crippen molar-refractivity contribution in [3.63, 3.8) is 0 Å². The summed E-state index contributed by atoms with van der Waals surface area (Å²) in [6, 6.07) is 0.243. The molecule has 1 amide bonds. The molecule has 0 aromatic rings. The van der Waals surface area contributed by atoms with Gasteiger partial charge in [0.1, 0.15) is 5.71 Å². The van der Waals surface area contributed by atoms with Crippen molar-refractivity contribution in [2.75, 3.05) is 0 Å². The zero-order chi connectivity index (χ0) is 11.3. The molecule has 4 heteroatoms. The monoisotopic (exact) mass is 207 g/mol. The van der Waals surface area contributed by atoms with E-state index in [0.717, 1.165) is 25.7 Å². The third-order valence-electron chi connectivity index (χ3n) is 2.44. The van der Waals surface area contributed by atoms with E-state index >= 15 is 0 Å². The van der Waals surface area contributed by atoms with Crippen LogP contribution in [0.3, 0.4) is 0 Å². The largest absolute Gasteiger partial charge is 0.348 e. The molecule has 15 heavy (non-hydrogen) atoms. The first kappa shape index (κ1) is 11.6. The molecule has 0 atom stereocenters. The number of hydrogen-bond donors (Lipinski definition) is 3. The SMILES string of the molecule is CC(=N)/C=C\C(=N)C(=O)NC1CCCC1. The van der Waals surface area contributed by atoms with Gasteiger partial charge in [-0.1, -0.05) is 12.8 Å². The number of carbonyl (C=O) groups is 1. The summed E-state index contributed by atoms with van der Waals surface area (Å²) in [7, 11) is 0. The van der Waals surface area contributed by atoms with Crippen LogP contribution >= 0.6 is 0 Å². The topological polar surface area (TPSA) is 76.8 Å². The highest BCUT2D eigenvalue weighted by atomic mass is 16.1. The van der Waals surface area contributed by atoms with E-state index in [9.17, 15) is 4.79 Å². The van der Waals surface area contributed by atoms with E-state index in [1.165, 1.54) is 12.2 Å². The Morgan fingerprint density at radius 1 is 1.27 bits per heavy atom. The van der Waals surface area contributed by atoms with E-state index in [0.29, 0.717) is 5.71 Å². The summed E-state index contributed by atoms with van der Waals surface area (Å²) in [5.74, 6) is -0.334. The Kier molecular flexibility index (Phi) is 4.21. The highest BCUT2D eigenvalue weighted by molar-refractivity contribution is 6.42. The first-order chi connectivity index (χ1) is 7.09. The third-order valence-corrected chi connectivity index (χ3v) is 2.44. The Hall–Kier alpha value is -1.45. The zero-order valence-electron chi connectivity index (χ0n) is 8.97. The molecule has 0 aromatic heterocycles. The van der Waals surface area contributed by atoms with Crippen molar-refractivity contribution >= 4 is 17.3 Å². The van der Waals surface area contributed by atoms with Gasteiger partial charge in [-0.15, -0.1) is 0 Å². The Bertz CT molecular complexity index is 301. The summed E-state index contributed by atoms with van der Waals surface area (Å²) in [5.41, 5.74) is 0.266. The number of hydrogen-bond acceptors (Lipinski definition) is 3. The normalized spacial score (nSPS) is 16.9. The van der Waals surface area contributed by atoms with Gasteiger partial charge >= 0.3 is 0 Å². The molecule has 1 aliphatic rings. The van der Waals surface area contributed by atoms with Crippen molar-refractivity contribution in [2.24, 2.45) is 0 Å². The third kappa shape index (κ3) is 4.06. The van der Waals surface area contributed by atoms with Crippen LogP contribution in [0.4, 0.5) is 0 Å². The van der Waals surface area contributed by atoms with Crippen LogP contribution in [-0.4, -0.2) is 23.4 Å². The molecule has 0 saturated heterocycles. The maximum absolute atomic E-state index is 11.5. The van der Waals surface area contributed by atoms with Gasteiger partial charge in [-0.05, 0) is 31.9 Å². The fourth-order valence-electron chi connectivity index (χ4n) is 1.62. The number of rotatable bonds is 4. The van der Waals surface area contributed by atoms with Crippen LogP contribution in [0.1, 0.15) is 32.6 Å². The number of carbonyl (C=O) groups excluding carboxylic acids is 1. The maximum Gasteiger partial charge on any atom is 0.269 e. The highest BCUT2D eigenvalue weighted by Gasteiger charge is 2.18. The van der Waals surface area contributed by atoms with Crippen LogP contribution in [0.5, 0.6) is 0 Å². The van der Waals surface area contributed by atoms with Gasteiger partial charge in [0.2, 0.25) is 0 Å². The molecule has 4 nitrogen and oxygen atoms in total. The molecule has 3 N–H and O–H groups in total. The van der Waals surface area contributed by atoms with Crippen molar-refractivity contribution in [2.45, 2.75) is 38.6 Å². The molecule has 0 radical (unpaired) electrons. The smallest absolute Gasteiger partial charge is 0.269 e. The van der Waals surface area contributed by atoms with E-state index in [2.05, 4.69) is 5.32 Å². The lowest BCUT2D eigenvalue weighted by Gasteiger charge is -2.10. The lowest BCUT2D eigenvalue weighted by atomic mass is 10.2. The average molecular weight is 207 g/mol. The predicted molar refractivity (Wildman–Crippen MR) is 60.7 cm³/mol. The van der Waals surface area contributed by atoms with Crippen LogP contribution in [0.15, 0.2) is 12.2 Å². The Labute approximate surface area is 89.8 Å². The molecule has 1 saturated carbocycles. The second kappa shape index (κ2) is 5.44. The lowest BCUT2D eigenvalue weighted by Crippen LogP contribution is -2.36. The van der Waals surface area contributed by atoms with E-state index < -0.39 is 0 Å². The molecule has 1 fully saturated rings. The van der Waals surface area contributed by atoms with Crippen LogP contribution in [0.25, 0.3) is 0 Å². The molecular formula is C11H17N3O. The fourth-order valence-corrected chi connectivity index (χ4v) is 1.62. The number of amides is 1. The number of nitrogens with one attached hydrogen (secondary N) is 3. The van der Waals surface area contributed by atoms with Crippen molar-refractivity contribution in [1.29, 1.82) is 10.8 Å². The number of allylic oxidation sites excluding steroid dienone is 1. The Balaban J connectivity index is 2.39. The second-order valence-electron chi connectivity index (χ2n) is 3.88. The average Bonchev–Trinajstić information content (AvgIpc) is 2.66. The van der Waals surface area contributed by atoms with Crippen molar-refractivity contribution in [3.8, 4) is 0 Å². The molecule has 1 rings (SSSR count). The van der Waals surface area contributed by atoms with Crippen molar-refractivity contribution < 1.29 is 4.79 Å². The molecule has 0 aromatic carbocycles. The van der Waals surface area contributed by atoms with Gasteiger partial charge < -0.3 is 10.7 Å². The van der Waals surface area contributed by atoms with Gasteiger partial charge in [0.25, 0.3) is 5.91 Å². The lowest BCUT2D eigenvalue weighted by molar-refractivity contribution is -0.115. The van der Waals surface area contributed by atoms with Crippen molar-refractivity contribution in [1.82, 2.24) is 5.32 Å². The summed E-state index contributed by atoms with van der Waals surface area (Å²) >= 11 is 0. The molecule has 0 bridgehead atoms. The molecule has 82 valence electrons. The van der Waals surface area contributed by atoms with Gasteiger partial charge in [-0.3, -0.25) is 10.2 Å². The minimum absolute atomic E-state index is 0.0755. The fraction of sp³-hybridized carbons (Fsp3) is 0.545. The van der Waals surface area contributed by atoms with Crippen molar-refractivity contribution in [3.05, 3.63) is 12.2 Å². The van der Waals surface area contributed by atoms with E-state index in [1.54, 1.807) is 6.92 Å². The summed E-state index contributed by atoms with van der Waals surface area (Å²) in [6.07, 6.45) is 7.18. The van der Waals surface area contributed by atoms with Crippen LogP contribution in [0.2, 0.25) is 0 Å². The Morgan fingerprint density at radius 2 is 1.87 bits per heavy atom. The van der Waals surface area contributed by atoms with Crippen LogP contribution in [-0.2, 0) is 4.79 Å². The molecule has 0 spiro atoms. The van der Waals surface area contributed by atoms with E-state index in [1.807, 2.05) is 0 Å². The molecule has 0 unspecified atom stereocenters. The molecule has 0 aliphatic heterocycles. The minimum atomic E-state index is -0.334. The summed E-state index contributed by atoms with van der Waals surface area (Å²) in [5, 5.41) is 17.4. The summed E-state index contributed by atoms with van der Waals surface area (Å²) in [6.45, 7) is 1.61. The van der Waals surface area contributed by atoms with Gasteiger partial charge in [-0.25, -0.2) is 0 Å². The van der Waals surface area contributed by atoms with Gasteiger partial charge in [0, 0.05) is 11.8 Å². The van der Waals surface area contributed by atoms with Gasteiger partial charge in [-0.2, -0.15) is 0 Å². The quantitative estimate of drug-likeness (QED) is 0.602. The summed E-state index contributed by atoms with van der Waals surface area (Å²) in [4.78, 5) is 11.5. The minimum Gasteiger partial charge on any atom is -0.348 e. The molecular weight excluding hydrogens is 190 g/mol. The summed E-state index contributed by atoms with van der Waals surface area (Å²) < 4.78 is 0. The van der Waals surface area contributed by atoms with E-state index in [4.69, 9.17) is 10.8 Å². The van der Waals surface area contributed by atoms with E-state index in [-0.39, 0.29) is 17.7 Å². The predicted octanol–water partition coefficient (Wildman–Crippen LogP) is 1.66. The Morgan fingerprint density at radius 3 is 2.40 bits per heavy atom. The van der Waals surface area contributed by atoms with Gasteiger partial charge in [0.15, 0.2) is 0 Å². The second-order valence-corrected chi connectivity index (χ2v) is 3.88. The highest BCUT2D eigenvalue weighted by Crippen LogP contribution is 2.17. The first-order valence-electron chi connectivity index (χ1n) is 5.22. The van der Waals surface area contributed by atoms with Crippen LogP contribution < -0.4 is 5.32 Å². The van der Waals surface area contributed by atoms with Gasteiger partial charge in [0.05, 0.1) is 0 Å². The maximum atomic E-state index is 11.5. The molecule has 0 heterocycles. The molecule has 1 aliphatic carbocycles. The standard InChI is InChI=1S/C11H17N3O/c1-8(12)6-7-10(13)11(15)14-9-4-2-3-5-9/h6-7,9,12-13H,2-5H2,1H3,(H,14,15)/b7-6-,12-8?,13-10?. The first-order valence-corrected chi connectivity index (χ1v) is 5.22. The van der Waals surface area contributed by atoms with Crippen LogP contribution in [0, 0.1) is 10.8 Å². The zero-order valence-corrected chi connectivity index (χ0v) is 8.97.